The molecule has 1 atom stereocenters. The Kier molecular flexibility index (Phi) is 4.31. The van der Waals surface area contributed by atoms with Crippen molar-refractivity contribution >= 4 is 23.2 Å². The van der Waals surface area contributed by atoms with Gasteiger partial charge >= 0.3 is 0 Å². The minimum absolute atomic E-state index is 0.145. The summed E-state index contributed by atoms with van der Waals surface area (Å²) in [6, 6.07) is 14.4. The Balaban J connectivity index is 2.31. The fourth-order valence-electron chi connectivity index (χ4n) is 2.03. The van der Waals surface area contributed by atoms with Crippen LogP contribution in [0.2, 0.25) is 5.02 Å². The molecule has 0 radical (unpaired) electrons. The first-order valence-electron chi connectivity index (χ1n) is 6.10. The second-order valence-electron chi connectivity index (χ2n) is 4.52. The number of hydrogen-bond donors (Lipinski definition) is 0. The van der Waals surface area contributed by atoms with Gasteiger partial charge in [0.25, 0.3) is 0 Å². The molecule has 0 nitrogen and oxygen atoms in total. The van der Waals surface area contributed by atoms with Crippen molar-refractivity contribution < 1.29 is 0 Å². The Morgan fingerprint density at radius 1 is 1.00 bits per heavy atom. The third-order valence-corrected chi connectivity index (χ3v) is 3.76. The SMILES string of the molecule is CCc1ccc(C(Cl)c2cc(C)cc(Cl)c2)cc1. The number of aryl methyl sites for hydroxylation is 2. The zero-order valence-electron chi connectivity index (χ0n) is 10.6. The summed E-state index contributed by atoms with van der Waals surface area (Å²) in [6.45, 7) is 4.17. The molecule has 2 heteroatoms. The van der Waals surface area contributed by atoms with Crippen LogP contribution in [0.5, 0.6) is 0 Å². The minimum Gasteiger partial charge on any atom is -0.113 e. The molecule has 0 aliphatic rings. The highest BCUT2D eigenvalue weighted by Gasteiger charge is 2.11. The van der Waals surface area contributed by atoms with Gasteiger partial charge in [-0.1, -0.05) is 48.9 Å². The molecule has 0 spiro atoms. The highest BCUT2D eigenvalue weighted by molar-refractivity contribution is 6.31. The van der Waals surface area contributed by atoms with Gasteiger partial charge in [-0.15, -0.1) is 11.6 Å². The molecule has 0 aromatic heterocycles. The molecule has 94 valence electrons. The molecule has 0 N–H and O–H groups in total. The highest BCUT2D eigenvalue weighted by Crippen LogP contribution is 2.31. The first-order chi connectivity index (χ1) is 8.60. The largest absolute Gasteiger partial charge is 0.113 e. The smallest absolute Gasteiger partial charge is 0.0836 e. The van der Waals surface area contributed by atoms with E-state index in [1.54, 1.807) is 0 Å². The molecule has 0 amide bonds. The van der Waals surface area contributed by atoms with Crippen LogP contribution in [-0.2, 0) is 6.42 Å². The number of hydrogen-bond acceptors (Lipinski definition) is 0. The fraction of sp³-hybridized carbons (Fsp3) is 0.250. The molecular formula is C16H16Cl2. The summed E-state index contributed by atoms with van der Waals surface area (Å²) in [6.07, 6.45) is 1.05. The summed E-state index contributed by atoms with van der Waals surface area (Å²) >= 11 is 12.6. The third-order valence-electron chi connectivity index (χ3n) is 3.04. The lowest BCUT2D eigenvalue weighted by Crippen LogP contribution is -1.94. The monoisotopic (exact) mass is 278 g/mol. The molecular weight excluding hydrogens is 263 g/mol. The normalized spacial score (nSPS) is 12.4. The van der Waals surface area contributed by atoms with Gasteiger partial charge in [0.15, 0.2) is 0 Å². The van der Waals surface area contributed by atoms with Crippen LogP contribution in [0.25, 0.3) is 0 Å². The van der Waals surface area contributed by atoms with E-state index < -0.39 is 0 Å². The lowest BCUT2D eigenvalue weighted by atomic mass is 10.0. The van der Waals surface area contributed by atoms with Crippen LogP contribution in [0, 0.1) is 6.92 Å². The van der Waals surface area contributed by atoms with Gasteiger partial charge in [-0.25, -0.2) is 0 Å². The van der Waals surface area contributed by atoms with Gasteiger partial charge in [-0.3, -0.25) is 0 Å². The molecule has 0 heterocycles. The Bertz CT molecular complexity index is 509. The van der Waals surface area contributed by atoms with Crippen LogP contribution in [0.15, 0.2) is 42.5 Å². The third kappa shape index (κ3) is 3.07. The molecule has 0 saturated carbocycles. The van der Waals surface area contributed by atoms with Crippen LogP contribution in [0.4, 0.5) is 0 Å². The molecule has 2 aromatic rings. The maximum Gasteiger partial charge on any atom is 0.0836 e. The van der Waals surface area contributed by atoms with Crippen LogP contribution < -0.4 is 0 Å². The number of rotatable bonds is 3. The summed E-state index contributed by atoms with van der Waals surface area (Å²) in [5, 5.41) is 0.592. The van der Waals surface area contributed by atoms with Gasteiger partial charge in [0.2, 0.25) is 0 Å². The van der Waals surface area contributed by atoms with Gasteiger partial charge in [0.05, 0.1) is 5.38 Å². The zero-order valence-corrected chi connectivity index (χ0v) is 12.1. The minimum atomic E-state index is -0.145. The summed E-state index contributed by atoms with van der Waals surface area (Å²) in [5.41, 5.74) is 4.61. The van der Waals surface area contributed by atoms with Crippen molar-refractivity contribution in [2.24, 2.45) is 0 Å². The quantitative estimate of drug-likeness (QED) is 0.647. The molecule has 18 heavy (non-hydrogen) atoms. The Morgan fingerprint density at radius 2 is 1.67 bits per heavy atom. The maximum absolute atomic E-state index is 6.51. The Hall–Kier alpha value is -0.980. The molecule has 0 saturated heterocycles. The van der Waals surface area contributed by atoms with Crippen molar-refractivity contribution in [3.63, 3.8) is 0 Å². The standard InChI is InChI=1S/C16H16Cl2/c1-3-12-4-6-13(7-5-12)16(18)14-8-11(2)9-15(17)10-14/h4-10,16H,3H2,1-2H3. The molecule has 2 aromatic carbocycles. The Labute approximate surface area is 119 Å². The van der Waals surface area contributed by atoms with Crippen molar-refractivity contribution in [2.45, 2.75) is 25.6 Å². The van der Waals surface area contributed by atoms with Crippen LogP contribution in [0.1, 0.15) is 34.6 Å². The van der Waals surface area contributed by atoms with Crippen molar-refractivity contribution in [1.82, 2.24) is 0 Å². The molecule has 1 unspecified atom stereocenters. The summed E-state index contributed by atoms with van der Waals surface area (Å²) in [4.78, 5) is 0. The summed E-state index contributed by atoms with van der Waals surface area (Å²) in [7, 11) is 0. The number of alkyl halides is 1. The second-order valence-corrected chi connectivity index (χ2v) is 5.39. The fourth-order valence-corrected chi connectivity index (χ4v) is 2.60. The van der Waals surface area contributed by atoms with Crippen LogP contribution >= 0.6 is 23.2 Å². The highest BCUT2D eigenvalue weighted by atomic mass is 35.5. The maximum atomic E-state index is 6.51. The van der Waals surface area contributed by atoms with Crippen molar-refractivity contribution in [3.05, 3.63) is 69.7 Å². The molecule has 2 rings (SSSR count). The van der Waals surface area contributed by atoms with E-state index in [2.05, 4.69) is 37.3 Å². The van der Waals surface area contributed by atoms with E-state index in [1.807, 2.05) is 19.1 Å². The van der Waals surface area contributed by atoms with E-state index in [4.69, 9.17) is 23.2 Å². The number of benzene rings is 2. The van der Waals surface area contributed by atoms with E-state index in [-0.39, 0.29) is 5.38 Å². The number of halogens is 2. The van der Waals surface area contributed by atoms with Crippen molar-refractivity contribution in [1.29, 1.82) is 0 Å². The predicted octanol–water partition coefficient (Wildman–Crippen LogP) is 5.54. The molecule has 0 aliphatic heterocycles. The average Bonchev–Trinajstić information content (AvgIpc) is 2.37. The van der Waals surface area contributed by atoms with Gasteiger partial charge in [0, 0.05) is 5.02 Å². The first kappa shape index (κ1) is 13.5. The average molecular weight is 279 g/mol. The van der Waals surface area contributed by atoms with Crippen molar-refractivity contribution in [3.8, 4) is 0 Å². The lowest BCUT2D eigenvalue weighted by molar-refractivity contribution is 1.10. The van der Waals surface area contributed by atoms with E-state index in [1.165, 1.54) is 5.56 Å². The molecule has 0 bridgehead atoms. The van der Waals surface area contributed by atoms with Crippen LogP contribution in [0.3, 0.4) is 0 Å². The predicted molar refractivity (Wildman–Crippen MR) is 79.7 cm³/mol. The lowest BCUT2D eigenvalue weighted by Gasteiger charge is -2.12. The topological polar surface area (TPSA) is 0 Å². The van der Waals surface area contributed by atoms with E-state index >= 15 is 0 Å². The van der Waals surface area contributed by atoms with E-state index in [0.717, 1.165) is 28.1 Å². The first-order valence-corrected chi connectivity index (χ1v) is 6.91. The van der Waals surface area contributed by atoms with E-state index in [0.29, 0.717) is 0 Å². The van der Waals surface area contributed by atoms with E-state index in [9.17, 15) is 0 Å². The Morgan fingerprint density at radius 3 is 2.22 bits per heavy atom. The zero-order chi connectivity index (χ0) is 13.1. The van der Waals surface area contributed by atoms with Gasteiger partial charge in [0.1, 0.15) is 0 Å². The van der Waals surface area contributed by atoms with Gasteiger partial charge < -0.3 is 0 Å². The van der Waals surface area contributed by atoms with Crippen LogP contribution in [-0.4, -0.2) is 0 Å². The van der Waals surface area contributed by atoms with Gasteiger partial charge in [-0.2, -0.15) is 0 Å². The molecule has 0 aliphatic carbocycles. The second kappa shape index (κ2) is 5.77. The van der Waals surface area contributed by atoms with Crippen molar-refractivity contribution in [2.75, 3.05) is 0 Å². The summed E-state index contributed by atoms with van der Waals surface area (Å²) < 4.78 is 0. The molecule has 0 fully saturated rings. The summed E-state index contributed by atoms with van der Waals surface area (Å²) in [5.74, 6) is 0. The van der Waals surface area contributed by atoms with Gasteiger partial charge in [-0.05, 0) is 47.7 Å².